The number of carbonyl (C=O) groups is 1. The Morgan fingerprint density at radius 2 is 1.96 bits per heavy atom. The fourth-order valence-electron chi connectivity index (χ4n) is 2.32. The smallest absolute Gasteiger partial charge is 0.251 e. The highest BCUT2D eigenvalue weighted by Gasteiger charge is 2.06. The molecule has 0 bridgehead atoms. The molecule has 1 aromatic carbocycles. The summed E-state index contributed by atoms with van der Waals surface area (Å²) >= 11 is 1.71. The molecule has 148 valence electrons. The average Bonchev–Trinajstić information content (AvgIpc) is 3.14. The maximum atomic E-state index is 12.1. The molecule has 1 amide bonds. The Labute approximate surface area is 182 Å². The third-order valence-corrected chi connectivity index (χ3v) is 4.91. The van der Waals surface area contributed by atoms with Crippen LogP contribution in [-0.4, -0.2) is 30.4 Å². The van der Waals surface area contributed by atoms with Gasteiger partial charge in [-0.2, -0.15) is 0 Å². The van der Waals surface area contributed by atoms with Crippen molar-refractivity contribution in [1.82, 2.24) is 20.9 Å². The third-order valence-electron chi connectivity index (χ3n) is 3.77. The molecule has 2 aromatic rings. The van der Waals surface area contributed by atoms with E-state index in [-0.39, 0.29) is 29.9 Å². The number of rotatable bonds is 8. The van der Waals surface area contributed by atoms with Crippen molar-refractivity contribution in [2.75, 3.05) is 13.6 Å². The van der Waals surface area contributed by atoms with E-state index in [1.165, 1.54) is 4.88 Å². The first-order valence-corrected chi connectivity index (χ1v) is 9.73. The highest BCUT2D eigenvalue weighted by molar-refractivity contribution is 14.0. The highest BCUT2D eigenvalue weighted by Crippen LogP contribution is 2.12. The van der Waals surface area contributed by atoms with E-state index in [0.29, 0.717) is 31.2 Å². The van der Waals surface area contributed by atoms with Crippen molar-refractivity contribution in [2.24, 2.45) is 4.99 Å². The van der Waals surface area contributed by atoms with Gasteiger partial charge in [-0.1, -0.05) is 26.0 Å². The van der Waals surface area contributed by atoms with E-state index in [1.54, 1.807) is 18.4 Å². The first-order chi connectivity index (χ1) is 12.7. The summed E-state index contributed by atoms with van der Waals surface area (Å²) in [5.41, 5.74) is 1.70. The molecular weight excluding hydrogens is 473 g/mol. The number of hydrogen-bond acceptors (Lipinski definition) is 4. The molecule has 0 aliphatic heterocycles. The van der Waals surface area contributed by atoms with Crippen LogP contribution in [0.2, 0.25) is 0 Å². The molecule has 0 atom stereocenters. The van der Waals surface area contributed by atoms with E-state index < -0.39 is 0 Å². The number of hydrogen-bond donors (Lipinski definition) is 3. The lowest BCUT2D eigenvalue weighted by Crippen LogP contribution is -2.36. The molecular formula is C19H28IN5OS. The first-order valence-electron chi connectivity index (χ1n) is 8.91. The zero-order chi connectivity index (χ0) is 18.8. The van der Waals surface area contributed by atoms with Crippen LogP contribution in [0.3, 0.4) is 0 Å². The van der Waals surface area contributed by atoms with Crippen LogP contribution < -0.4 is 16.0 Å². The molecule has 0 aliphatic carbocycles. The molecule has 3 N–H and O–H groups in total. The minimum Gasteiger partial charge on any atom is -0.352 e. The number of aliphatic imine (C=N–C) groups is 1. The molecule has 27 heavy (non-hydrogen) atoms. The largest absolute Gasteiger partial charge is 0.352 e. The predicted octanol–water partition coefficient (Wildman–Crippen LogP) is 3.33. The number of benzene rings is 1. The standard InChI is InChI=1S/C19H27N5OS.HI/c1-4-9-21-18(25)15-8-6-7-14(10-15)11-23-19(20-3)24-13-17-22-12-16(5-2)26-17;/h6-8,10,12H,4-5,9,11,13H2,1-3H3,(H,21,25)(H2,20,23,24);1H. The molecule has 0 aliphatic rings. The van der Waals surface area contributed by atoms with E-state index in [4.69, 9.17) is 0 Å². The van der Waals surface area contributed by atoms with Gasteiger partial charge in [0.25, 0.3) is 5.91 Å². The highest BCUT2D eigenvalue weighted by atomic mass is 127. The number of thiazole rings is 1. The van der Waals surface area contributed by atoms with E-state index >= 15 is 0 Å². The zero-order valence-corrected chi connectivity index (χ0v) is 19.2. The number of nitrogens with one attached hydrogen (secondary N) is 3. The Kier molecular flexibility index (Phi) is 11.0. The van der Waals surface area contributed by atoms with Gasteiger partial charge in [0.2, 0.25) is 0 Å². The van der Waals surface area contributed by atoms with Crippen molar-refractivity contribution in [3.05, 3.63) is 51.5 Å². The van der Waals surface area contributed by atoms with Gasteiger partial charge in [-0.3, -0.25) is 9.79 Å². The summed E-state index contributed by atoms with van der Waals surface area (Å²) in [6.07, 6.45) is 3.85. The van der Waals surface area contributed by atoms with E-state index in [0.717, 1.165) is 23.4 Å². The summed E-state index contributed by atoms with van der Waals surface area (Å²) in [5.74, 6) is 0.672. The molecule has 8 heteroatoms. The number of amides is 1. The molecule has 0 spiro atoms. The Hall–Kier alpha value is -1.68. The lowest BCUT2D eigenvalue weighted by atomic mass is 10.1. The van der Waals surface area contributed by atoms with Crippen LogP contribution in [0.5, 0.6) is 0 Å². The summed E-state index contributed by atoms with van der Waals surface area (Å²) < 4.78 is 0. The second kappa shape index (κ2) is 12.7. The molecule has 0 unspecified atom stereocenters. The Morgan fingerprint density at radius 1 is 1.19 bits per heavy atom. The second-order valence-corrected chi connectivity index (χ2v) is 7.01. The van der Waals surface area contributed by atoms with Gasteiger partial charge in [0.15, 0.2) is 5.96 Å². The van der Waals surface area contributed by atoms with Crippen molar-refractivity contribution < 1.29 is 4.79 Å². The second-order valence-electron chi connectivity index (χ2n) is 5.81. The number of halogens is 1. The molecule has 0 saturated carbocycles. The normalized spacial score (nSPS) is 10.9. The van der Waals surface area contributed by atoms with Crippen molar-refractivity contribution in [2.45, 2.75) is 39.8 Å². The number of nitrogens with zero attached hydrogens (tertiary/aromatic N) is 2. The van der Waals surface area contributed by atoms with Gasteiger partial charge < -0.3 is 16.0 Å². The van der Waals surface area contributed by atoms with Gasteiger partial charge >= 0.3 is 0 Å². The van der Waals surface area contributed by atoms with Crippen molar-refractivity contribution in [1.29, 1.82) is 0 Å². The fourth-order valence-corrected chi connectivity index (χ4v) is 3.12. The number of carbonyl (C=O) groups excluding carboxylic acids is 1. The average molecular weight is 501 g/mol. The maximum absolute atomic E-state index is 12.1. The van der Waals surface area contributed by atoms with Crippen LogP contribution in [0.4, 0.5) is 0 Å². The zero-order valence-electron chi connectivity index (χ0n) is 16.0. The minimum absolute atomic E-state index is 0. The van der Waals surface area contributed by atoms with Crippen molar-refractivity contribution in [3.8, 4) is 0 Å². The lowest BCUT2D eigenvalue weighted by molar-refractivity contribution is 0.0953. The maximum Gasteiger partial charge on any atom is 0.251 e. The Bertz CT molecular complexity index is 747. The van der Waals surface area contributed by atoms with Gasteiger partial charge in [0.05, 0.1) is 6.54 Å². The van der Waals surface area contributed by atoms with Gasteiger partial charge in [-0.25, -0.2) is 4.98 Å². The summed E-state index contributed by atoms with van der Waals surface area (Å²) in [4.78, 5) is 22.0. The molecule has 2 rings (SSSR count). The van der Waals surface area contributed by atoms with Gasteiger partial charge in [0, 0.05) is 36.8 Å². The van der Waals surface area contributed by atoms with Crippen LogP contribution in [0.25, 0.3) is 0 Å². The molecule has 0 fully saturated rings. The topological polar surface area (TPSA) is 78.4 Å². The van der Waals surface area contributed by atoms with E-state index in [9.17, 15) is 4.79 Å². The number of guanidine groups is 1. The Morgan fingerprint density at radius 3 is 2.63 bits per heavy atom. The van der Waals surface area contributed by atoms with Crippen LogP contribution in [-0.2, 0) is 19.5 Å². The first kappa shape index (κ1) is 23.4. The Balaban J connectivity index is 0.00000364. The SMILES string of the molecule is CCCNC(=O)c1cccc(CNC(=NC)NCc2ncc(CC)s2)c1.I. The van der Waals surface area contributed by atoms with Gasteiger partial charge in [-0.15, -0.1) is 35.3 Å². The summed E-state index contributed by atoms with van der Waals surface area (Å²) in [6.45, 7) is 6.08. The van der Waals surface area contributed by atoms with Gasteiger partial charge in [-0.05, 0) is 30.5 Å². The van der Waals surface area contributed by atoms with Crippen molar-refractivity contribution >= 4 is 47.2 Å². The molecule has 1 aromatic heterocycles. The summed E-state index contributed by atoms with van der Waals surface area (Å²) in [5, 5.41) is 10.5. The minimum atomic E-state index is -0.0355. The molecule has 1 heterocycles. The van der Waals surface area contributed by atoms with Gasteiger partial charge in [0.1, 0.15) is 5.01 Å². The van der Waals surface area contributed by atoms with Crippen LogP contribution in [0, 0.1) is 0 Å². The molecule has 0 radical (unpaired) electrons. The van der Waals surface area contributed by atoms with Crippen LogP contribution in [0.1, 0.15) is 46.1 Å². The lowest BCUT2D eigenvalue weighted by Gasteiger charge is -2.12. The van der Waals surface area contributed by atoms with Crippen LogP contribution >= 0.6 is 35.3 Å². The third kappa shape index (κ3) is 7.84. The fraction of sp³-hybridized carbons (Fsp3) is 0.421. The predicted molar refractivity (Wildman–Crippen MR) is 123 cm³/mol. The molecule has 6 nitrogen and oxygen atoms in total. The summed E-state index contributed by atoms with van der Waals surface area (Å²) in [7, 11) is 1.74. The van der Waals surface area contributed by atoms with E-state index in [1.807, 2.05) is 37.4 Å². The quantitative estimate of drug-likeness (QED) is 0.295. The van der Waals surface area contributed by atoms with Crippen molar-refractivity contribution in [3.63, 3.8) is 0 Å². The molecule has 0 saturated heterocycles. The van der Waals surface area contributed by atoms with E-state index in [2.05, 4.69) is 32.9 Å². The van der Waals surface area contributed by atoms with Crippen LogP contribution in [0.15, 0.2) is 35.5 Å². The summed E-state index contributed by atoms with van der Waals surface area (Å²) in [6, 6.07) is 7.62. The number of aryl methyl sites for hydroxylation is 1. The number of aromatic nitrogens is 1. The monoisotopic (exact) mass is 501 g/mol.